The van der Waals surface area contributed by atoms with Crippen molar-refractivity contribution in [2.24, 2.45) is 5.73 Å². The number of halogens is 1. The quantitative estimate of drug-likeness (QED) is 0.939. The summed E-state index contributed by atoms with van der Waals surface area (Å²) in [6, 6.07) is 12.3. The molecule has 3 nitrogen and oxygen atoms in total. The SMILES string of the molecule is CC(N)c1cccc(OCC2Cc3cc(F)ccc3O2)c1. The lowest BCUT2D eigenvalue weighted by Crippen LogP contribution is -2.22. The summed E-state index contributed by atoms with van der Waals surface area (Å²) in [6.45, 7) is 2.36. The predicted molar refractivity (Wildman–Crippen MR) is 79.1 cm³/mol. The topological polar surface area (TPSA) is 44.5 Å². The first-order valence-electron chi connectivity index (χ1n) is 7.05. The van der Waals surface area contributed by atoms with Gasteiger partial charge >= 0.3 is 0 Å². The summed E-state index contributed by atoms with van der Waals surface area (Å²) in [4.78, 5) is 0. The van der Waals surface area contributed by atoms with Crippen LogP contribution in [0.2, 0.25) is 0 Å². The van der Waals surface area contributed by atoms with E-state index in [1.807, 2.05) is 31.2 Å². The third kappa shape index (κ3) is 3.16. The minimum absolute atomic E-state index is 0.0245. The molecule has 1 heterocycles. The second kappa shape index (κ2) is 5.74. The van der Waals surface area contributed by atoms with E-state index < -0.39 is 0 Å². The van der Waals surface area contributed by atoms with Crippen LogP contribution in [0.5, 0.6) is 11.5 Å². The first-order valence-corrected chi connectivity index (χ1v) is 7.05. The van der Waals surface area contributed by atoms with Crippen molar-refractivity contribution in [1.82, 2.24) is 0 Å². The van der Waals surface area contributed by atoms with E-state index in [9.17, 15) is 4.39 Å². The summed E-state index contributed by atoms with van der Waals surface area (Å²) in [7, 11) is 0. The summed E-state index contributed by atoms with van der Waals surface area (Å²) in [5, 5.41) is 0. The standard InChI is InChI=1S/C17H18FNO2/c1-11(19)12-3-2-4-15(8-12)20-10-16-9-13-7-14(18)5-6-17(13)21-16/h2-8,11,16H,9-10,19H2,1H3. The van der Waals surface area contributed by atoms with Crippen LogP contribution in [0.3, 0.4) is 0 Å². The van der Waals surface area contributed by atoms with Gasteiger partial charge in [-0.05, 0) is 42.8 Å². The number of benzene rings is 2. The van der Waals surface area contributed by atoms with Crippen molar-refractivity contribution in [3.63, 3.8) is 0 Å². The number of hydrogen-bond donors (Lipinski definition) is 1. The van der Waals surface area contributed by atoms with Crippen molar-refractivity contribution < 1.29 is 13.9 Å². The van der Waals surface area contributed by atoms with Crippen molar-refractivity contribution in [1.29, 1.82) is 0 Å². The van der Waals surface area contributed by atoms with Crippen LogP contribution in [-0.2, 0) is 6.42 Å². The summed E-state index contributed by atoms with van der Waals surface area (Å²) in [6.07, 6.45) is 0.584. The highest BCUT2D eigenvalue weighted by Gasteiger charge is 2.23. The summed E-state index contributed by atoms with van der Waals surface area (Å²) >= 11 is 0. The van der Waals surface area contributed by atoms with Gasteiger partial charge in [-0.25, -0.2) is 4.39 Å². The van der Waals surface area contributed by atoms with Gasteiger partial charge in [0, 0.05) is 18.0 Å². The van der Waals surface area contributed by atoms with Gasteiger partial charge in [-0.15, -0.1) is 0 Å². The van der Waals surface area contributed by atoms with E-state index in [2.05, 4.69) is 0 Å². The summed E-state index contributed by atoms with van der Waals surface area (Å²) in [5.41, 5.74) is 7.79. The van der Waals surface area contributed by atoms with Crippen molar-refractivity contribution in [2.45, 2.75) is 25.5 Å². The lowest BCUT2D eigenvalue weighted by molar-refractivity contribution is 0.148. The number of nitrogens with two attached hydrogens (primary N) is 1. The molecular formula is C17H18FNO2. The van der Waals surface area contributed by atoms with Gasteiger partial charge in [-0.2, -0.15) is 0 Å². The van der Waals surface area contributed by atoms with E-state index in [-0.39, 0.29) is 18.0 Å². The van der Waals surface area contributed by atoms with Gasteiger partial charge in [-0.3, -0.25) is 0 Å². The first-order chi connectivity index (χ1) is 10.1. The van der Waals surface area contributed by atoms with Gasteiger partial charge in [0.1, 0.15) is 30.0 Å². The van der Waals surface area contributed by atoms with Gasteiger partial charge in [0.15, 0.2) is 0 Å². The second-order valence-corrected chi connectivity index (χ2v) is 5.37. The monoisotopic (exact) mass is 287 g/mol. The fourth-order valence-corrected chi connectivity index (χ4v) is 2.46. The molecule has 0 saturated heterocycles. The lowest BCUT2D eigenvalue weighted by Gasteiger charge is -2.14. The highest BCUT2D eigenvalue weighted by Crippen LogP contribution is 2.29. The predicted octanol–water partition coefficient (Wildman–Crippen LogP) is 3.23. The molecule has 2 unspecified atom stereocenters. The maximum Gasteiger partial charge on any atom is 0.137 e. The Morgan fingerprint density at radius 3 is 3.00 bits per heavy atom. The molecular weight excluding hydrogens is 269 g/mol. The zero-order valence-corrected chi connectivity index (χ0v) is 11.9. The van der Waals surface area contributed by atoms with E-state index in [1.165, 1.54) is 12.1 Å². The Hall–Kier alpha value is -2.07. The van der Waals surface area contributed by atoms with E-state index in [0.29, 0.717) is 13.0 Å². The smallest absolute Gasteiger partial charge is 0.137 e. The average Bonchev–Trinajstić information content (AvgIpc) is 2.87. The molecule has 3 rings (SSSR count). The number of hydrogen-bond acceptors (Lipinski definition) is 3. The van der Waals surface area contributed by atoms with E-state index in [4.69, 9.17) is 15.2 Å². The highest BCUT2D eigenvalue weighted by molar-refractivity contribution is 5.38. The minimum Gasteiger partial charge on any atom is -0.490 e. The largest absolute Gasteiger partial charge is 0.490 e. The van der Waals surface area contributed by atoms with Crippen LogP contribution in [0.15, 0.2) is 42.5 Å². The molecule has 0 aromatic heterocycles. The Labute approximate surface area is 123 Å². The van der Waals surface area contributed by atoms with E-state index in [1.54, 1.807) is 6.07 Å². The number of ether oxygens (including phenoxy) is 2. The highest BCUT2D eigenvalue weighted by atomic mass is 19.1. The van der Waals surface area contributed by atoms with Crippen LogP contribution in [0.25, 0.3) is 0 Å². The number of fused-ring (bicyclic) bond motifs is 1. The van der Waals surface area contributed by atoms with Crippen LogP contribution >= 0.6 is 0 Å². The van der Waals surface area contributed by atoms with Gasteiger partial charge in [-0.1, -0.05) is 12.1 Å². The third-order valence-corrected chi connectivity index (χ3v) is 3.58. The molecule has 110 valence electrons. The lowest BCUT2D eigenvalue weighted by atomic mass is 10.1. The molecule has 1 aliphatic heterocycles. The van der Waals surface area contributed by atoms with Crippen LogP contribution < -0.4 is 15.2 Å². The molecule has 0 fully saturated rings. The van der Waals surface area contributed by atoms with Gasteiger partial charge < -0.3 is 15.2 Å². The van der Waals surface area contributed by atoms with Gasteiger partial charge in [0.25, 0.3) is 0 Å². The molecule has 2 atom stereocenters. The molecule has 2 aromatic rings. The summed E-state index contributed by atoms with van der Waals surface area (Å²) < 4.78 is 24.7. The normalized spacial score (nSPS) is 18.0. The second-order valence-electron chi connectivity index (χ2n) is 5.37. The molecule has 0 aliphatic carbocycles. The van der Waals surface area contributed by atoms with Crippen LogP contribution in [0.1, 0.15) is 24.1 Å². The van der Waals surface area contributed by atoms with Gasteiger partial charge in [0.05, 0.1) is 0 Å². The fraction of sp³-hybridized carbons (Fsp3) is 0.294. The van der Waals surface area contributed by atoms with Crippen molar-refractivity contribution >= 4 is 0 Å². The molecule has 21 heavy (non-hydrogen) atoms. The number of rotatable bonds is 4. The Kier molecular flexibility index (Phi) is 3.80. The van der Waals surface area contributed by atoms with E-state index in [0.717, 1.165) is 22.6 Å². The zero-order valence-electron chi connectivity index (χ0n) is 11.9. The molecule has 4 heteroatoms. The van der Waals surface area contributed by atoms with Crippen LogP contribution in [0, 0.1) is 5.82 Å². The van der Waals surface area contributed by atoms with Crippen molar-refractivity contribution in [2.75, 3.05) is 6.61 Å². The Bertz CT molecular complexity index is 642. The molecule has 0 spiro atoms. The summed E-state index contributed by atoms with van der Waals surface area (Å²) in [5.74, 6) is 1.29. The molecule has 0 amide bonds. The van der Waals surface area contributed by atoms with Gasteiger partial charge in [0.2, 0.25) is 0 Å². The van der Waals surface area contributed by atoms with Crippen molar-refractivity contribution in [3.05, 3.63) is 59.4 Å². The molecule has 2 N–H and O–H groups in total. The molecule has 0 bridgehead atoms. The Balaban J connectivity index is 1.61. The first kappa shape index (κ1) is 13.9. The zero-order chi connectivity index (χ0) is 14.8. The van der Waals surface area contributed by atoms with Crippen LogP contribution in [-0.4, -0.2) is 12.7 Å². The maximum absolute atomic E-state index is 13.2. The Morgan fingerprint density at radius 1 is 1.33 bits per heavy atom. The molecule has 2 aromatic carbocycles. The molecule has 0 saturated carbocycles. The molecule has 1 aliphatic rings. The van der Waals surface area contributed by atoms with E-state index >= 15 is 0 Å². The fourth-order valence-electron chi connectivity index (χ4n) is 2.46. The minimum atomic E-state index is -0.233. The Morgan fingerprint density at radius 2 is 2.19 bits per heavy atom. The maximum atomic E-state index is 13.2. The van der Waals surface area contributed by atoms with Crippen molar-refractivity contribution in [3.8, 4) is 11.5 Å². The third-order valence-electron chi connectivity index (χ3n) is 3.58. The van der Waals surface area contributed by atoms with Crippen LogP contribution in [0.4, 0.5) is 4.39 Å². The average molecular weight is 287 g/mol. The molecule has 0 radical (unpaired) electrons.